The molecule has 4 aliphatic carbocycles. The van der Waals surface area contributed by atoms with Gasteiger partial charge >= 0.3 is 0 Å². The zero-order valence-electron chi connectivity index (χ0n) is 14.9. The van der Waals surface area contributed by atoms with Crippen molar-refractivity contribution in [1.29, 1.82) is 0 Å². The van der Waals surface area contributed by atoms with Crippen molar-refractivity contribution in [3.8, 4) is 0 Å². The normalized spacial score (nSPS) is 57.0. The van der Waals surface area contributed by atoms with Gasteiger partial charge in [-0.05, 0) is 63.4 Å². The van der Waals surface area contributed by atoms with E-state index in [2.05, 4.69) is 13.8 Å². The molecule has 3 nitrogen and oxygen atoms in total. The van der Waals surface area contributed by atoms with Gasteiger partial charge in [0.05, 0.1) is 16.6 Å². The van der Waals surface area contributed by atoms with Crippen molar-refractivity contribution in [2.75, 3.05) is 0 Å². The molecule has 4 heteroatoms. The third kappa shape index (κ3) is 1.79. The highest BCUT2D eigenvalue weighted by Gasteiger charge is 2.71. The van der Waals surface area contributed by atoms with Gasteiger partial charge < -0.3 is 10.2 Å². The van der Waals surface area contributed by atoms with Gasteiger partial charge in [0.1, 0.15) is 0 Å². The lowest BCUT2D eigenvalue weighted by molar-refractivity contribution is -0.154. The number of fused-ring (bicyclic) bond motifs is 5. The maximum Gasteiger partial charge on any atom is 0.155 e. The Morgan fingerprint density at radius 1 is 1.12 bits per heavy atom. The van der Waals surface area contributed by atoms with Crippen LogP contribution in [0.4, 0.5) is 0 Å². The fourth-order valence-corrected chi connectivity index (χ4v) is 7.35. The molecule has 0 aromatic heterocycles. The minimum atomic E-state index is -0.740. The summed E-state index contributed by atoms with van der Waals surface area (Å²) in [6.07, 6.45) is 6.50. The van der Waals surface area contributed by atoms with Crippen LogP contribution in [-0.2, 0) is 4.79 Å². The average molecular weight is 353 g/mol. The van der Waals surface area contributed by atoms with Crippen LogP contribution in [0.15, 0.2) is 11.6 Å². The number of allylic oxidation sites excluding steroid dienone is 1. The van der Waals surface area contributed by atoms with Crippen molar-refractivity contribution in [1.82, 2.24) is 0 Å². The molecule has 7 unspecified atom stereocenters. The van der Waals surface area contributed by atoms with E-state index >= 15 is 0 Å². The number of aliphatic hydroxyl groups excluding tert-OH is 1. The molecule has 3 fully saturated rings. The molecule has 4 aliphatic rings. The van der Waals surface area contributed by atoms with Crippen molar-refractivity contribution >= 4 is 17.4 Å². The Morgan fingerprint density at radius 2 is 1.83 bits per heavy atom. The standard InChI is InChI=1S/C20H29ClO3/c1-17-8-6-13(22)10-12(17)4-5-15-14-7-9-19(3,24)18(14,2)11-16(23)20(15,17)21/h10,14-16,23-24H,4-9,11H2,1-3H3. The molecule has 0 amide bonds. The lowest BCUT2D eigenvalue weighted by Gasteiger charge is -2.64. The van der Waals surface area contributed by atoms with Crippen LogP contribution in [-0.4, -0.2) is 32.6 Å². The van der Waals surface area contributed by atoms with Crippen LogP contribution in [0, 0.1) is 22.7 Å². The summed E-state index contributed by atoms with van der Waals surface area (Å²) in [6, 6.07) is 0. The molecule has 0 aromatic rings. The Balaban J connectivity index is 1.82. The molecule has 0 radical (unpaired) electrons. The lowest BCUT2D eigenvalue weighted by atomic mass is 9.45. The molecule has 24 heavy (non-hydrogen) atoms. The second-order valence-electron chi connectivity index (χ2n) is 9.44. The summed E-state index contributed by atoms with van der Waals surface area (Å²) in [5, 5.41) is 22.2. The summed E-state index contributed by atoms with van der Waals surface area (Å²) in [4.78, 5) is 11.2. The van der Waals surface area contributed by atoms with E-state index in [-0.39, 0.29) is 22.5 Å². The molecule has 0 saturated heterocycles. The summed E-state index contributed by atoms with van der Waals surface area (Å²) in [5.74, 6) is 0.724. The third-order valence-electron chi connectivity index (χ3n) is 8.60. The number of ketones is 1. The Morgan fingerprint density at radius 3 is 2.54 bits per heavy atom. The van der Waals surface area contributed by atoms with Crippen LogP contribution < -0.4 is 0 Å². The van der Waals surface area contributed by atoms with Crippen molar-refractivity contribution in [2.45, 2.75) is 82.3 Å². The molecule has 0 aliphatic heterocycles. The van der Waals surface area contributed by atoms with Crippen LogP contribution in [0.3, 0.4) is 0 Å². The van der Waals surface area contributed by atoms with Crippen molar-refractivity contribution in [2.24, 2.45) is 22.7 Å². The molecule has 3 saturated carbocycles. The average Bonchev–Trinajstić information content (AvgIpc) is 2.72. The minimum absolute atomic E-state index is 0.192. The number of rotatable bonds is 0. The summed E-state index contributed by atoms with van der Waals surface area (Å²) in [7, 11) is 0. The van der Waals surface area contributed by atoms with Gasteiger partial charge in [-0.15, -0.1) is 11.6 Å². The number of hydrogen-bond donors (Lipinski definition) is 2. The van der Waals surface area contributed by atoms with Crippen LogP contribution >= 0.6 is 11.6 Å². The number of carbonyl (C=O) groups is 1. The van der Waals surface area contributed by atoms with Gasteiger partial charge in [0.15, 0.2) is 5.78 Å². The van der Waals surface area contributed by atoms with Crippen molar-refractivity contribution in [3.63, 3.8) is 0 Å². The van der Waals surface area contributed by atoms with Gasteiger partial charge in [0.2, 0.25) is 0 Å². The molecule has 0 spiro atoms. The van der Waals surface area contributed by atoms with Gasteiger partial charge in [0.25, 0.3) is 0 Å². The number of aliphatic hydroxyl groups is 2. The van der Waals surface area contributed by atoms with Crippen molar-refractivity contribution in [3.05, 3.63) is 11.6 Å². The van der Waals surface area contributed by atoms with Crippen LogP contribution in [0.25, 0.3) is 0 Å². The Kier molecular flexibility index (Phi) is 3.46. The minimum Gasteiger partial charge on any atom is -0.391 e. The first-order chi connectivity index (χ1) is 11.1. The topological polar surface area (TPSA) is 57.5 Å². The van der Waals surface area contributed by atoms with Gasteiger partial charge in [-0.2, -0.15) is 0 Å². The first kappa shape index (κ1) is 17.1. The molecule has 0 aromatic carbocycles. The Labute approximate surface area is 149 Å². The number of hydrogen-bond acceptors (Lipinski definition) is 3. The predicted molar refractivity (Wildman–Crippen MR) is 93.8 cm³/mol. The Bertz CT molecular complexity index is 626. The second kappa shape index (κ2) is 4.86. The number of alkyl halides is 1. The van der Waals surface area contributed by atoms with Crippen molar-refractivity contribution < 1.29 is 15.0 Å². The fraction of sp³-hybridized carbons (Fsp3) is 0.850. The van der Waals surface area contributed by atoms with E-state index in [4.69, 9.17) is 11.6 Å². The molecular weight excluding hydrogens is 324 g/mol. The predicted octanol–water partition coefficient (Wildman–Crippen LogP) is 3.60. The molecule has 0 bridgehead atoms. The lowest BCUT2D eigenvalue weighted by Crippen LogP contribution is -2.67. The highest BCUT2D eigenvalue weighted by atomic mass is 35.5. The first-order valence-corrected chi connectivity index (χ1v) is 9.77. The smallest absolute Gasteiger partial charge is 0.155 e. The van der Waals surface area contributed by atoms with Gasteiger partial charge in [0, 0.05) is 17.3 Å². The largest absolute Gasteiger partial charge is 0.391 e. The van der Waals surface area contributed by atoms with Gasteiger partial charge in [-0.1, -0.05) is 19.4 Å². The SMILES string of the molecule is CC1(O)CCC2C3CCC4=CC(=O)CCC4(C)C3(Cl)C(O)CC21C. The molecule has 134 valence electrons. The highest BCUT2D eigenvalue weighted by Crippen LogP contribution is 2.70. The van der Waals surface area contributed by atoms with Crippen LogP contribution in [0.5, 0.6) is 0 Å². The quantitative estimate of drug-likeness (QED) is 0.655. The van der Waals surface area contributed by atoms with E-state index in [1.54, 1.807) is 6.08 Å². The zero-order chi connectivity index (χ0) is 17.5. The Hall–Kier alpha value is -0.380. The summed E-state index contributed by atoms with van der Waals surface area (Å²) in [5.41, 5.74) is -0.202. The summed E-state index contributed by atoms with van der Waals surface area (Å²) >= 11 is 7.33. The maximum atomic E-state index is 11.9. The number of halogens is 1. The van der Waals surface area contributed by atoms with E-state index in [1.807, 2.05) is 6.92 Å². The zero-order valence-corrected chi connectivity index (χ0v) is 15.7. The van der Waals surface area contributed by atoms with E-state index in [1.165, 1.54) is 0 Å². The number of carbonyl (C=O) groups excluding carboxylic acids is 1. The van der Waals surface area contributed by atoms with E-state index in [9.17, 15) is 15.0 Å². The highest BCUT2D eigenvalue weighted by molar-refractivity contribution is 6.26. The van der Waals surface area contributed by atoms with Gasteiger partial charge in [-0.25, -0.2) is 0 Å². The monoisotopic (exact) mass is 352 g/mol. The second-order valence-corrected chi connectivity index (χ2v) is 10.1. The van der Waals surface area contributed by atoms with Crippen LogP contribution in [0.2, 0.25) is 0 Å². The van der Waals surface area contributed by atoms with Gasteiger partial charge in [-0.3, -0.25) is 4.79 Å². The molecular formula is C20H29ClO3. The third-order valence-corrected chi connectivity index (χ3v) is 9.55. The molecule has 4 rings (SSSR count). The van der Waals surface area contributed by atoms with Crippen LogP contribution in [0.1, 0.15) is 65.7 Å². The van der Waals surface area contributed by atoms with E-state index in [0.717, 1.165) is 37.7 Å². The first-order valence-electron chi connectivity index (χ1n) is 9.39. The summed E-state index contributed by atoms with van der Waals surface area (Å²) in [6.45, 7) is 6.22. The summed E-state index contributed by atoms with van der Waals surface area (Å²) < 4.78 is 0. The maximum absolute atomic E-state index is 11.9. The molecule has 2 N–H and O–H groups in total. The van der Waals surface area contributed by atoms with E-state index < -0.39 is 16.6 Å². The fourth-order valence-electron chi connectivity index (χ4n) is 6.79. The molecule has 0 heterocycles. The van der Waals surface area contributed by atoms with E-state index in [0.29, 0.717) is 18.8 Å². The molecule has 7 atom stereocenters.